The van der Waals surface area contributed by atoms with E-state index in [0.717, 1.165) is 25.0 Å². The Morgan fingerprint density at radius 2 is 1.89 bits per heavy atom. The van der Waals surface area contributed by atoms with Gasteiger partial charge in [-0.1, -0.05) is 24.3 Å². The third-order valence-electron chi connectivity index (χ3n) is 4.24. The molecule has 0 radical (unpaired) electrons. The Morgan fingerprint density at radius 1 is 1.11 bits per heavy atom. The summed E-state index contributed by atoms with van der Waals surface area (Å²) in [6, 6.07) is 11.7. The van der Waals surface area contributed by atoms with Crippen LogP contribution in [0.25, 0.3) is 11.4 Å². The lowest BCUT2D eigenvalue weighted by molar-refractivity contribution is -0.137. The van der Waals surface area contributed by atoms with Crippen molar-refractivity contribution >= 4 is 11.6 Å². The van der Waals surface area contributed by atoms with Crippen LogP contribution in [-0.2, 0) is 6.18 Å². The molecule has 1 aliphatic rings. The van der Waals surface area contributed by atoms with E-state index in [1.807, 2.05) is 0 Å². The highest BCUT2D eigenvalue weighted by molar-refractivity contribution is 6.05. The van der Waals surface area contributed by atoms with Crippen molar-refractivity contribution in [2.45, 2.75) is 25.1 Å². The second-order valence-corrected chi connectivity index (χ2v) is 6.26. The summed E-state index contributed by atoms with van der Waals surface area (Å²) in [5.74, 6) is -0.272. The van der Waals surface area contributed by atoms with Gasteiger partial charge in [-0.25, -0.2) is 4.68 Å². The van der Waals surface area contributed by atoms with Crippen LogP contribution in [0.2, 0.25) is 0 Å². The normalized spacial score (nSPS) is 14.2. The number of carbonyl (C=O) groups is 1. The van der Waals surface area contributed by atoms with Crippen molar-refractivity contribution in [2.24, 2.45) is 0 Å². The van der Waals surface area contributed by atoms with E-state index in [1.54, 1.807) is 28.9 Å². The number of carbonyl (C=O) groups excluding carboxylic acids is 1. The van der Waals surface area contributed by atoms with Crippen molar-refractivity contribution in [3.63, 3.8) is 0 Å². The first-order valence-electron chi connectivity index (χ1n) is 8.29. The number of rotatable bonds is 4. The standard InChI is InChI=1S/C18H14F3N5O/c19-18(20,21)15-7-2-1-6-14(15)17(27)22-12-5-3-4-11(10-12)16-23-24-25-26(16)13-8-9-13/h1-7,10,13H,8-9H2,(H,22,27). The van der Waals surface area contributed by atoms with Crippen molar-refractivity contribution in [3.05, 3.63) is 59.7 Å². The van der Waals surface area contributed by atoms with Crippen molar-refractivity contribution in [1.82, 2.24) is 20.2 Å². The molecule has 138 valence electrons. The first-order chi connectivity index (χ1) is 12.9. The largest absolute Gasteiger partial charge is 0.417 e. The van der Waals surface area contributed by atoms with E-state index >= 15 is 0 Å². The van der Waals surface area contributed by atoms with Crippen LogP contribution in [0, 0.1) is 0 Å². The van der Waals surface area contributed by atoms with Crippen LogP contribution in [0.15, 0.2) is 48.5 Å². The molecule has 0 saturated heterocycles. The summed E-state index contributed by atoms with van der Waals surface area (Å²) in [6.45, 7) is 0. The van der Waals surface area contributed by atoms with Crippen LogP contribution >= 0.6 is 0 Å². The Morgan fingerprint density at radius 3 is 2.63 bits per heavy atom. The molecular weight excluding hydrogens is 359 g/mol. The van der Waals surface area contributed by atoms with Crippen LogP contribution in [0.3, 0.4) is 0 Å². The van der Waals surface area contributed by atoms with Gasteiger partial charge in [-0.15, -0.1) is 5.10 Å². The molecule has 0 spiro atoms. The molecule has 2 aromatic carbocycles. The van der Waals surface area contributed by atoms with Crippen molar-refractivity contribution in [3.8, 4) is 11.4 Å². The maximum atomic E-state index is 13.1. The van der Waals surface area contributed by atoms with Crippen LogP contribution in [0.4, 0.5) is 18.9 Å². The molecular formula is C18H14F3N5O. The Labute approximate surface area is 152 Å². The molecule has 6 nitrogen and oxygen atoms in total. The fraction of sp³-hybridized carbons (Fsp3) is 0.222. The van der Waals surface area contributed by atoms with E-state index in [1.165, 1.54) is 12.1 Å². The lowest BCUT2D eigenvalue weighted by Crippen LogP contribution is -2.18. The molecule has 0 aliphatic heterocycles. The van der Waals surface area contributed by atoms with Crippen LogP contribution < -0.4 is 5.32 Å². The fourth-order valence-electron chi connectivity index (χ4n) is 2.81. The molecule has 9 heteroatoms. The molecule has 0 bridgehead atoms. The Kier molecular flexibility index (Phi) is 4.14. The van der Waals surface area contributed by atoms with Gasteiger partial charge < -0.3 is 5.32 Å². The summed E-state index contributed by atoms with van der Waals surface area (Å²) in [6.07, 6.45) is -2.60. The number of amides is 1. The zero-order valence-electron chi connectivity index (χ0n) is 13.9. The number of benzene rings is 2. The number of nitrogens with one attached hydrogen (secondary N) is 1. The van der Waals surface area contributed by atoms with Gasteiger partial charge in [-0.2, -0.15) is 13.2 Å². The summed E-state index contributed by atoms with van der Waals surface area (Å²) < 4.78 is 41.1. The van der Waals surface area contributed by atoms with Gasteiger partial charge in [0.05, 0.1) is 17.2 Å². The number of alkyl halides is 3. The fourth-order valence-corrected chi connectivity index (χ4v) is 2.81. The molecule has 27 heavy (non-hydrogen) atoms. The van der Waals surface area contributed by atoms with Crippen molar-refractivity contribution < 1.29 is 18.0 Å². The van der Waals surface area contributed by atoms with E-state index in [0.29, 0.717) is 17.1 Å². The quantitative estimate of drug-likeness (QED) is 0.752. The predicted molar refractivity (Wildman–Crippen MR) is 90.9 cm³/mol. The number of nitrogens with zero attached hydrogens (tertiary/aromatic N) is 4. The zero-order valence-corrected chi connectivity index (χ0v) is 13.9. The van der Waals surface area contributed by atoms with Gasteiger partial charge in [-0.3, -0.25) is 4.79 Å². The second kappa shape index (κ2) is 6.49. The highest BCUT2D eigenvalue weighted by Gasteiger charge is 2.35. The maximum Gasteiger partial charge on any atom is 0.417 e. The number of hydrogen-bond donors (Lipinski definition) is 1. The molecule has 1 heterocycles. The van der Waals surface area contributed by atoms with Crippen LogP contribution in [0.5, 0.6) is 0 Å². The van der Waals surface area contributed by atoms with E-state index in [9.17, 15) is 18.0 Å². The topological polar surface area (TPSA) is 72.7 Å². The Bertz CT molecular complexity index is 994. The molecule has 1 N–H and O–H groups in total. The number of halogens is 3. The SMILES string of the molecule is O=C(Nc1cccc(-c2nnnn2C2CC2)c1)c1ccccc1C(F)(F)F. The van der Waals surface area contributed by atoms with Crippen LogP contribution in [-0.4, -0.2) is 26.1 Å². The summed E-state index contributed by atoms with van der Waals surface area (Å²) in [7, 11) is 0. The van der Waals surface area contributed by atoms with Gasteiger partial charge in [0.1, 0.15) is 0 Å². The average Bonchev–Trinajstić information content (AvgIpc) is 3.37. The third-order valence-corrected chi connectivity index (χ3v) is 4.24. The van der Waals surface area contributed by atoms with Gasteiger partial charge in [0.15, 0.2) is 5.82 Å². The van der Waals surface area contributed by atoms with Crippen LogP contribution in [0.1, 0.15) is 34.8 Å². The number of anilines is 1. The zero-order chi connectivity index (χ0) is 19.0. The first-order valence-corrected chi connectivity index (χ1v) is 8.29. The predicted octanol–water partition coefficient (Wildman–Crippen LogP) is 3.95. The minimum Gasteiger partial charge on any atom is -0.322 e. The molecule has 1 aromatic heterocycles. The molecule has 1 aliphatic carbocycles. The first kappa shape index (κ1) is 17.2. The van der Waals surface area contributed by atoms with Gasteiger partial charge in [-0.05, 0) is 47.5 Å². The Balaban J connectivity index is 1.61. The number of hydrogen-bond acceptors (Lipinski definition) is 4. The highest BCUT2D eigenvalue weighted by Crippen LogP contribution is 2.37. The monoisotopic (exact) mass is 373 g/mol. The van der Waals surface area contributed by atoms with E-state index < -0.39 is 23.2 Å². The molecule has 1 saturated carbocycles. The summed E-state index contributed by atoms with van der Waals surface area (Å²) in [5.41, 5.74) is -0.372. The summed E-state index contributed by atoms with van der Waals surface area (Å²) >= 11 is 0. The minimum atomic E-state index is -4.61. The van der Waals surface area contributed by atoms with E-state index in [2.05, 4.69) is 20.8 Å². The van der Waals surface area contributed by atoms with E-state index in [-0.39, 0.29) is 6.04 Å². The number of aromatic nitrogens is 4. The summed E-state index contributed by atoms with van der Waals surface area (Å²) in [5, 5.41) is 14.2. The third kappa shape index (κ3) is 3.53. The number of tetrazole rings is 1. The van der Waals surface area contributed by atoms with Crippen molar-refractivity contribution in [2.75, 3.05) is 5.32 Å². The minimum absolute atomic E-state index is 0.270. The average molecular weight is 373 g/mol. The van der Waals surface area contributed by atoms with Gasteiger partial charge in [0, 0.05) is 11.3 Å². The smallest absolute Gasteiger partial charge is 0.322 e. The Hall–Kier alpha value is -3.23. The highest BCUT2D eigenvalue weighted by atomic mass is 19.4. The molecule has 4 rings (SSSR count). The molecule has 3 aromatic rings. The molecule has 0 unspecified atom stereocenters. The van der Waals surface area contributed by atoms with Gasteiger partial charge in [0.25, 0.3) is 5.91 Å². The lowest BCUT2D eigenvalue weighted by atomic mass is 10.1. The summed E-state index contributed by atoms with van der Waals surface area (Å²) in [4.78, 5) is 12.4. The van der Waals surface area contributed by atoms with E-state index in [4.69, 9.17) is 0 Å². The van der Waals surface area contributed by atoms with Gasteiger partial charge in [0.2, 0.25) is 0 Å². The molecule has 1 amide bonds. The van der Waals surface area contributed by atoms with Gasteiger partial charge >= 0.3 is 6.18 Å². The molecule has 0 atom stereocenters. The second-order valence-electron chi connectivity index (χ2n) is 6.26. The van der Waals surface area contributed by atoms with Crippen molar-refractivity contribution in [1.29, 1.82) is 0 Å². The maximum absolute atomic E-state index is 13.1. The lowest BCUT2D eigenvalue weighted by Gasteiger charge is -2.13. The molecule has 1 fully saturated rings.